The molecule has 0 spiro atoms. The number of ether oxygens (including phenoxy) is 1. The molecule has 0 aromatic rings. The van der Waals surface area contributed by atoms with Crippen molar-refractivity contribution < 1.29 is 4.74 Å². The Kier molecular flexibility index (Phi) is 4.85. The molecule has 1 aliphatic rings. The fourth-order valence-corrected chi connectivity index (χ4v) is 3.00. The van der Waals surface area contributed by atoms with Gasteiger partial charge in [0.25, 0.3) is 0 Å². The normalized spacial score (nSPS) is 24.2. The second-order valence-corrected chi connectivity index (χ2v) is 7.97. The summed E-state index contributed by atoms with van der Waals surface area (Å²) in [5, 5.41) is 7.14. The summed E-state index contributed by atoms with van der Waals surface area (Å²) in [6.45, 7) is 17.3. The van der Waals surface area contributed by atoms with Gasteiger partial charge in [0.1, 0.15) is 0 Å². The third-order valence-corrected chi connectivity index (χ3v) is 3.26. The molecule has 0 radical (unpaired) electrons. The smallest absolute Gasteiger partial charge is 0.0610 e. The van der Waals surface area contributed by atoms with Crippen molar-refractivity contribution in [3.63, 3.8) is 0 Å². The van der Waals surface area contributed by atoms with E-state index in [2.05, 4.69) is 59.1 Å². The number of piperidine rings is 1. The van der Waals surface area contributed by atoms with E-state index in [1.54, 1.807) is 0 Å². The Morgan fingerprint density at radius 3 is 2.06 bits per heavy atom. The van der Waals surface area contributed by atoms with Gasteiger partial charge in [-0.25, -0.2) is 0 Å². The molecule has 0 saturated carbocycles. The predicted molar refractivity (Wildman–Crippen MR) is 78.0 cm³/mol. The molecule has 0 bridgehead atoms. The van der Waals surface area contributed by atoms with Crippen LogP contribution < -0.4 is 10.6 Å². The lowest BCUT2D eigenvalue weighted by Gasteiger charge is -2.46. The average molecular weight is 256 g/mol. The maximum absolute atomic E-state index is 6.05. The largest absolute Gasteiger partial charge is 0.377 e. The minimum absolute atomic E-state index is 0.171. The van der Waals surface area contributed by atoms with Crippen LogP contribution in [0.1, 0.15) is 61.3 Å². The first-order valence-electron chi connectivity index (χ1n) is 7.15. The summed E-state index contributed by atoms with van der Waals surface area (Å²) in [7, 11) is 0. The predicted octanol–water partition coefficient (Wildman–Crippen LogP) is 2.70. The molecule has 0 aliphatic carbocycles. The summed E-state index contributed by atoms with van der Waals surface area (Å²) >= 11 is 0. The lowest BCUT2D eigenvalue weighted by molar-refractivity contribution is -0.0213. The Bertz CT molecular complexity index is 250. The van der Waals surface area contributed by atoms with Gasteiger partial charge in [-0.15, -0.1) is 0 Å². The van der Waals surface area contributed by atoms with E-state index in [4.69, 9.17) is 4.74 Å². The van der Waals surface area contributed by atoms with E-state index in [0.717, 1.165) is 26.0 Å². The summed E-state index contributed by atoms with van der Waals surface area (Å²) in [6.07, 6.45) is 2.55. The van der Waals surface area contributed by atoms with Gasteiger partial charge < -0.3 is 15.4 Å². The van der Waals surface area contributed by atoms with Crippen molar-refractivity contribution in [1.82, 2.24) is 10.6 Å². The molecule has 1 fully saturated rings. The van der Waals surface area contributed by atoms with Gasteiger partial charge in [0.15, 0.2) is 0 Å². The highest BCUT2D eigenvalue weighted by Crippen LogP contribution is 2.30. The van der Waals surface area contributed by atoms with Crippen molar-refractivity contribution in [2.45, 2.75) is 84.0 Å². The molecule has 18 heavy (non-hydrogen) atoms. The first-order chi connectivity index (χ1) is 7.99. The van der Waals surface area contributed by atoms with Crippen molar-refractivity contribution in [1.29, 1.82) is 0 Å². The number of hydrogen-bond acceptors (Lipinski definition) is 3. The highest BCUT2D eigenvalue weighted by atomic mass is 16.5. The van der Waals surface area contributed by atoms with E-state index >= 15 is 0 Å². The second-order valence-electron chi connectivity index (χ2n) is 7.97. The summed E-state index contributed by atoms with van der Waals surface area (Å²) in [4.78, 5) is 0. The third kappa shape index (κ3) is 6.17. The van der Waals surface area contributed by atoms with Gasteiger partial charge in [-0.3, -0.25) is 0 Å². The Labute approximate surface area is 113 Å². The van der Waals surface area contributed by atoms with Crippen LogP contribution in [0.25, 0.3) is 0 Å². The van der Waals surface area contributed by atoms with E-state index in [-0.39, 0.29) is 16.6 Å². The zero-order chi connectivity index (χ0) is 14.0. The molecule has 1 rings (SSSR count). The molecule has 2 N–H and O–H groups in total. The van der Waals surface area contributed by atoms with Gasteiger partial charge in [-0.1, -0.05) is 0 Å². The SMILES string of the molecule is CC(C)(C)NCCOC1CC(C)(C)NC(C)(C)C1. The third-order valence-electron chi connectivity index (χ3n) is 3.26. The van der Waals surface area contributed by atoms with Crippen LogP contribution >= 0.6 is 0 Å². The van der Waals surface area contributed by atoms with Crippen LogP contribution in [0.5, 0.6) is 0 Å². The molecule has 0 unspecified atom stereocenters. The maximum atomic E-state index is 6.05. The molecule has 3 heteroatoms. The van der Waals surface area contributed by atoms with Gasteiger partial charge in [0, 0.05) is 23.2 Å². The first-order valence-corrected chi connectivity index (χ1v) is 7.15. The molecular weight excluding hydrogens is 224 g/mol. The fourth-order valence-electron chi connectivity index (χ4n) is 3.00. The molecule has 108 valence electrons. The molecule has 0 aromatic carbocycles. The van der Waals surface area contributed by atoms with Crippen molar-refractivity contribution >= 4 is 0 Å². The molecule has 1 aliphatic heterocycles. The lowest BCUT2D eigenvalue weighted by Crippen LogP contribution is -2.59. The van der Waals surface area contributed by atoms with E-state index < -0.39 is 0 Å². The van der Waals surface area contributed by atoms with Gasteiger partial charge in [-0.2, -0.15) is 0 Å². The average Bonchev–Trinajstić information content (AvgIpc) is 2.05. The zero-order valence-corrected chi connectivity index (χ0v) is 13.3. The summed E-state index contributed by atoms with van der Waals surface area (Å²) < 4.78 is 6.05. The molecule has 0 amide bonds. The van der Waals surface area contributed by atoms with E-state index in [1.807, 2.05) is 0 Å². The zero-order valence-electron chi connectivity index (χ0n) is 13.3. The Morgan fingerprint density at radius 2 is 1.61 bits per heavy atom. The van der Waals surface area contributed by atoms with E-state index in [1.165, 1.54) is 0 Å². The van der Waals surface area contributed by atoms with Crippen molar-refractivity contribution in [2.75, 3.05) is 13.2 Å². The Hall–Kier alpha value is -0.120. The first kappa shape index (κ1) is 15.9. The molecule has 0 atom stereocenters. The monoisotopic (exact) mass is 256 g/mol. The minimum Gasteiger partial charge on any atom is -0.377 e. The quantitative estimate of drug-likeness (QED) is 0.759. The summed E-state index contributed by atoms with van der Waals surface area (Å²) in [5.74, 6) is 0. The van der Waals surface area contributed by atoms with Crippen LogP contribution in [0.4, 0.5) is 0 Å². The van der Waals surface area contributed by atoms with Crippen molar-refractivity contribution in [3.05, 3.63) is 0 Å². The van der Waals surface area contributed by atoms with Crippen LogP contribution in [0.3, 0.4) is 0 Å². The summed E-state index contributed by atoms with van der Waals surface area (Å²) in [6, 6.07) is 0. The Balaban J connectivity index is 2.34. The maximum Gasteiger partial charge on any atom is 0.0610 e. The minimum atomic E-state index is 0.171. The van der Waals surface area contributed by atoms with Gasteiger partial charge in [-0.05, 0) is 61.3 Å². The van der Waals surface area contributed by atoms with Gasteiger partial charge in [0.05, 0.1) is 12.7 Å². The fraction of sp³-hybridized carbons (Fsp3) is 1.00. The van der Waals surface area contributed by atoms with Crippen LogP contribution in [-0.2, 0) is 4.74 Å². The van der Waals surface area contributed by atoms with Crippen LogP contribution in [0.15, 0.2) is 0 Å². The second kappa shape index (κ2) is 5.48. The van der Waals surface area contributed by atoms with Gasteiger partial charge in [0.2, 0.25) is 0 Å². The van der Waals surface area contributed by atoms with Crippen LogP contribution in [-0.4, -0.2) is 35.9 Å². The van der Waals surface area contributed by atoms with Crippen molar-refractivity contribution in [2.24, 2.45) is 0 Å². The van der Waals surface area contributed by atoms with E-state index in [9.17, 15) is 0 Å². The number of nitrogens with one attached hydrogen (secondary N) is 2. The molecule has 3 nitrogen and oxygen atoms in total. The molecular formula is C15H32N2O. The topological polar surface area (TPSA) is 33.3 Å². The van der Waals surface area contributed by atoms with Crippen LogP contribution in [0.2, 0.25) is 0 Å². The van der Waals surface area contributed by atoms with Crippen molar-refractivity contribution in [3.8, 4) is 0 Å². The van der Waals surface area contributed by atoms with Gasteiger partial charge >= 0.3 is 0 Å². The Morgan fingerprint density at radius 1 is 1.11 bits per heavy atom. The molecule has 1 heterocycles. The molecule has 1 saturated heterocycles. The standard InChI is InChI=1S/C15H32N2O/c1-13(2,3)16-8-9-18-12-10-14(4,5)17-15(6,7)11-12/h12,16-17H,8-11H2,1-7H3. The highest BCUT2D eigenvalue weighted by molar-refractivity contribution is 4.97. The molecule has 0 aromatic heterocycles. The number of rotatable bonds is 4. The van der Waals surface area contributed by atoms with E-state index in [0.29, 0.717) is 6.10 Å². The highest BCUT2D eigenvalue weighted by Gasteiger charge is 2.37. The van der Waals surface area contributed by atoms with Crippen LogP contribution in [0, 0.1) is 0 Å². The number of hydrogen-bond donors (Lipinski definition) is 2. The summed E-state index contributed by atoms with van der Waals surface area (Å²) in [5.41, 5.74) is 0.518. The lowest BCUT2D eigenvalue weighted by atomic mass is 9.81.